The number of hydrogen-bond donors (Lipinski definition) is 0. The maximum absolute atomic E-state index is 12.2. The Balaban J connectivity index is 1.74. The van der Waals surface area contributed by atoms with E-state index >= 15 is 0 Å². The van der Waals surface area contributed by atoms with Gasteiger partial charge >= 0.3 is 6.09 Å². The molecule has 0 spiro atoms. The number of benzene rings is 2. The first-order valence-corrected chi connectivity index (χ1v) is 8.03. The lowest BCUT2D eigenvalue weighted by Gasteiger charge is -2.28. The molecule has 0 saturated heterocycles. The van der Waals surface area contributed by atoms with Crippen molar-refractivity contribution < 1.29 is 13.7 Å². The standard InChI is InChI=1S/C16H15NO3S/c18-16(20-12-13-6-2-1-3-7-13)17-10-11-21(19)15-9-5-4-8-14(15)17/h1-9H,10-12H2. The first kappa shape index (κ1) is 13.8. The lowest BCUT2D eigenvalue weighted by Crippen LogP contribution is -2.38. The predicted octanol–water partition coefficient (Wildman–Crippen LogP) is 2.95. The van der Waals surface area contributed by atoms with E-state index in [4.69, 9.17) is 4.74 Å². The summed E-state index contributed by atoms with van der Waals surface area (Å²) < 4.78 is 17.3. The summed E-state index contributed by atoms with van der Waals surface area (Å²) in [6, 6.07) is 16.8. The van der Waals surface area contributed by atoms with E-state index in [0.717, 1.165) is 5.56 Å². The number of carbonyl (C=O) groups is 1. The van der Waals surface area contributed by atoms with Gasteiger partial charge in [-0.15, -0.1) is 0 Å². The number of hydrogen-bond acceptors (Lipinski definition) is 3. The molecule has 1 aliphatic rings. The van der Waals surface area contributed by atoms with E-state index in [2.05, 4.69) is 0 Å². The second kappa shape index (κ2) is 6.10. The van der Waals surface area contributed by atoms with Crippen LogP contribution in [0.5, 0.6) is 0 Å². The lowest BCUT2D eigenvalue weighted by molar-refractivity contribution is 0.147. The zero-order valence-corrected chi connectivity index (χ0v) is 12.2. The van der Waals surface area contributed by atoms with Crippen molar-refractivity contribution in [3.63, 3.8) is 0 Å². The first-order valence-electron chi connectivity index (χ1n) is 6.71. The number of rotatable bonds is 2. The van der Waals surface area contributed by atoms with E-state index < -0.39 is 16.9 Å². The molecule has 2 aromatic carbocycles. The number of carbonyl (C=O) groups excluding carboxylic acids is 1. The zero-order valence-electron chi connectivity index (χ0n) is 11.4. The third kappa shape index (κ3) is 2.97. The van der Waals surface area contributed by atoms with E-state index in [1.165, 1.54) is 0 Å². The Hall–Kier alpha value is -2.14. The van der Waals surface area contributed by atoms with Gasteiger partial charge in [0.05, 0.1) is 21.4 Å². The van der Waals surface area contributed by atoms with Crippen LogP contribution in [0.4, 0.5) is 10.5 Å². The van der Waals surface area contributed by atoms with E-state index in [0.29, 0.717) is 22.9 Å². The molecule has 1 heterocycles. The SMILES string of the molecule is O=C(OCc1ccccc1)N1CCS(=O)c2ccccc21. The van der Waals surface area contributed by atoms with Crippen LogP contribution in [-0.4, -0.2) is 22.6 Å². The second-order valence-corrected chi connectivity index (χ2v) is 6.25. The van der Waals surface area contributed by atoms with Gasteiger partial charge in [-0.2, -0.15) is 0 Å². The fraction of sp³-hybridized carbons (Fsp3) is 0.188. The Morgan fingerprint density at radius 1 is 1.10 bits per heavy atom. The topological polar surface area (TPSA) is 46.6 Å². The molecule has 1 amide bonds. The second-order valence-electron chi connectivity index (χ2n) is 4.71. The monoisotopic (exact) mass is 301 g/mol. The molecule has 108 valence electrons. The van der Waals surface area contributed by atoms with E-state index in [-0.39, 0.29) is 6.61 Å². The highest BCUT2D eigenvalue weighted by Gasteiger charge is 2.27. The maximum atomic E-state index is 12.2. The van der Waals surface area contributed by atoms with Crippen LogP contribution in [0, 0.1) is 0 Å². The minimum Gasteiger partial charge on any atom is -0.444 e. The molecule has 0 N–H and O–H groups in total. The van der Waals surface area contributed by atoms with Crippen molar-refractivity contribution >= 4 is 22.6 Å². The average molecular weight is 301 g/mol. The molecule has 21 heavy (non-hydrogen) atoms. The molecule has 0 aromatic heterocycles. The largest absolute Gasteiger partial charge is 0.444 e. The molecular weight excluding hydrogens is 286 g/mol. The number of fused-ring (bicyclic) bond motifs is 1. The molecule has 5 heteroatoms. The summed E-state index contributed by atoms with van der Waals surface area (Å²) in [5.74, 6) is 0.442. The van der Waals surface area contributed by atoms with Crippen LogP contribution in [0.3, 0.4) is 0 Å². The van der Waals surface area contributed by atoms with Crippen molar-refractivity contribution in [3.8, 4) is 0 Å². The quantitative estimate of drug-likeness (QED) is 0.857. The summed E-state index contributed by atoms with van der Waals surface area (Å²) in [4.78, 5) is 14.5. The highest BCUT2D eigenvalue weighted by atomic mass is 32.2. The Morgan fingerprint density at radius 3 is 2.62 bits per heavy atom. The third-order valence-corrected chi connectivity index (χ3v) is 4.72. The minimum atomic E-state index is -1.04. The predicted molar refractivity (Wildman–Crippen MR) is 81.7 cm³/mol. The Morgan fingerprint density at radius 2 is 1.81 bits per heavy atom. The molecule has 0 aliphatic carbocycles. The summed E-state index contributed by atoms with van der Waals surface area (Å²) >= 11 is 0. The van der Waals surface area contributed by atoms with Gasteiger partial charge in [-0.25, -0.2) is 4.79 Å². The van der Waals surface area contributed by atoms with Gasteiger partial charge in [0.15, 0.2) is 0 Å². The van der Waals surface area contributed by atoms with Crippen molar-refractivity contribution in [2.45, 2.75) is 11.5 Å². The van der Waals surface area contributed by atoms with E-state index in [1.807, 2.05) is 42.5 Å². The Bertz CT molecular complexity index is 672. The highest BCUT2D eigenvalue weighted by Crippen LogP contribution is 2.28. The van der Waals surface area contributed by atoms with Crippen molar-refractivity contribution in [1.29, 1.82) is 0 Å². The van der Waals surface area contributed by atoms with Gasteiger partial charge in [0.2, 0.25) is 0 Å². The summed E-state index contributed by atoms with van der Waals surface area (Å²) in [6.07, 6.45) is -0.400. The van der Waals surface area contributed by atoms with E-state index in [1.54, 1.807) is 17.0 Å². The van der Waals surface area contributed by atoms with Gasteiger partial charge in [-0.3, -0.25) is 9.11 Å². The molecule has 0 fully saturated rings. The van der Waals surface area contributed by atoms with Gasteiger partial charge in [0.25, 0.3) is 0 Å². The number of ether oxygens (including phenoxy) is 1. The normalized spacial score (nSPS) is 17.1. The van der Waals surface area contributed by atoms with Crippen molar-refractivity contribution in [2.24, 2.45) is 0 Å². The van der Waals surface area contributed by atoms with Crippen LogP contribution in [0.15, 0.2) is 59.5 Å². The summed E-state index contributed by atoms with van der Waals surface area (Å²) in [6.45, 7) is 0.651. The van der Waals surface area contributed by atoms with Crippen molar-refractivity contribution in [2.75, 3.05) is 17.2 Å². The molecule has 0 radical (unpaired) electrons. The molecule has 0 saturated carbocycles. The summed E-state index contributed by atoms with van der Waals surface area (Å²) in [5.41, 5.74) is 1.62. The van der Waals surface area contributed by atoms with Crippen LogP contribution in [0.1, 0.15) is 5.56 Å². The van der Waals surface area contributed by atoms with Crippen LogP contribution in [0.25, 0.3) is 0 Å². The molecule has 2 aromatic rings. The molecular formula is C16H15NO3S. The van der Waals surface area contributed by atoms with Crippen LogP contribution < -0.4 is 4.90 Å². The number of para-hydroxylation sites is 1. The molecule has 0 bridgehead atoms. The van der Waals surface area contributed by atoms with Crippen molar-refractivity contribution in [1.82, 2.24) is 0 Å². The molecule has 3 rings (SSSR count). The highest BCUT2D eigenvalue weighted by molar-refractivity contribution is 7.85. The number of nitrogens with zero attached hydrogens (tertiary/aromatic N) is 1. The number of anilines is 1. The molecule has 1 aliphatic heterocycles. The van der Waals surface area contributed by atoms with Crippen LogP contribution in [-0.2, 0) is 22.1 Å². The Labute approximate surface area is 125 Å². The number of amides is 1. The zero-order chi connectivity index (χ0) is 14.7. The molecule has 1 unspecified atom stereocenters. The Kier molecular flexibility index (Phi) is 4.01. The minimum absolute atomic E-state index is 0.238. The van der Waals surface area contributed by atoms with Crippen molar-refractivity contribution in [3.05, 3.63) is 60.2 Å². The van der Waals surface area contributed by atoms with Gasteiger partial charge in [0.1, 0.15) is 6.61 Å². The average Bonchev–Trinajstić information content (AvgIpc) is 2.54. The first-order chi connectivity index (χ1) is 10.3. The van der Waals surface area contributed by atoms with Gasteiger partial charge in [0, 0.05) is 12.3 Å². The van der Waals surface area contributed by atoms with Gasteiger partial charge in [-0.1, -0.05) is 42.5 Å². The molecule has 1 atom stereocenters. The fourth-order valence-electron chi connectivity index (χ4n) is 2.26. The maximum Gasteiger partial charge on any atom is 0.414 e. The summed E-state index contributed by atoms with van der Waals surface area (Å²) in [7, 11) is -1.04. The third-order valence-electron chi connectivity index (χ3n) is 3.33. The van der Waals surface area contributed by atoms with Crippen LogP contribution in [0.2, 0.25) is 0 Å². The van der Waals surface area contributed by atoms with Gasteiger partial charge in [-0.05, 0) is 17.7 Å². The van der Waals surface area contributed by atoms with Crippen LogP contribution >= 0.6 is 0 Å². The summed E-state index contributed by atoms with van der Waals surface area (Å²) in [5, 5.41) is 0. The van der Waals surface area contributed by atoms with Gasteiger partial charge < -0.3 is 4.74 Å². The lowest BCUT2D eigenvalue weighted by atomic mass is 10.2. The smallest absolute Gasteiger partial charge is 0.414 e. The molecule has 4 nitrogen and oxygen atoms in total. The fourth-order valence-corrected chi connectivity index (χ4v) is 3.47. The van der Waals surface area contributed by atoms with E-state index in [9.17, 15) is 9.00 Å².